The van der Waals surface area contributed by atoms with E-state index in [0.717, 1.165) is 16.9 Å². The highest BCUT2D eigenvalue weighted by Gasteiger charge is 2.43. The van der Waals surface area contributed by atoms with Gasteiger partial charge in [-0.05, 0) is 42.3 Å². The van der Waals surface area contributed by atoms with E-state index in [1.807, 2.05) is 54.6 Å². The van der Waals surface area contributed by atoms with E-state index < -0.39 is 12.0 Å². The number of fused-ring (bicyclic) bond motifs is 1. The number of esters is 1. The Morgan fingerprint density at radius 2 is 1.91 bits per heavy atom. The maximum atomic E-state index is 13.3. The highest BCUT2D eigenvalue weighted by atomic mass is 32.2. The van der Waals surface area contributed by atoms with Crippen LogP contribution in [0.15, 0.2) is 75.9 Å². The standard InChI is InChI=1S/C26H26N4O3S/c1-4-32-25(31)21-22(17-8-6-5-7-9-17)29-26-30(24(28)20(14-27)34-26)23(21)18-10-12-19(13-11-18)33-15-16(2)3/h5-13,16,23H,4,15,28H2,1-3H3/t23-/m0/s1. The summed E-state index contributed by atoms with van der Waals surface area (Å²) in [6.45, 7) is 6.77. The molecule has 2 aromatic rings. The van der Waals surface area contributed by atoms with E-state index in [9.17, 15) is 10.1 Å². The van der Waals surface area contributed by atoms with E-state index in [0.29, 0.717) is 33.9 Å². The second kappa shape index (κ2) is 10.1. The smallest absolute Gasteiger partial charge is 0.338 e. The van der Waals surface area contributed by atoms with Crippen LogP contribution in [0, 0.1) is 17.2 Å². The van der Waals surface area contributed by atoms with Gasteiger partial charge < -0.3 is 15.2 Å². The largest absolute Gasteiger partial charge is 0.493 e. The quantitative estimate of drug-likeness (QED) is 0.575. The SMILES string of the molecule is CCOC(=O)C1=C(c2ccccc2)N=C2SC(C#N)=C(N)N2[C@H]1c1ccc(OCC(C)C)cc1. The molecule has 8 heteroatoms. The molecule has 0 aliphatic carbocycles. The molecule has 0 radical (unpaired) electrons. The minimum Gasteiger partial charge on any atom is -0.493 e. The third-order valence-electron chi connectivity index (χ3n) is 5.31. The number of nitrogens with zero attached hydrogens (tertiary/aromatic N) is 3. The fourth-order valence-corrected chi connectivity index (χ4v) is 4.65. The third kappa shape index (κ3) is 4.52. The Bertz CT molecular complexity index is 1210. The molecule has 2 aliphatic rings. The number of carbonyl (C=O) groups is 1. The summed E-state index contributed by atoms with van der Waals surface area (Å²) in [4.78, 5) is 20.2. The molecule has 2 aromatic carbocycles. The average Bonchev–Trinajstić information content (AvgIpc) is 3.18. The second-order valence-electron chi connectivity index (χ2n) is 8.22. The van der Waals surface area contributed by atoms with Crippen molar-refractivity contribution in [1.82, 2.24) is 4.90 Å². The molecule has 2 aliphatic heterocycles. The minimum absolute atomic E-state index is 0.221. The molecule has 0 unspecified atom stereocenters. The predicted molar refractivity (Wildman–Crippen MR) is 133 cm³/mol. The van der Waals surface area contributed by atoms with E-state index in [2.05, 4.69) is 19.9 Å². The normalized spacial score (nSPS) is 17.4. The van der Waals surface area contributed by atoms with Crippen LogP contribution in [0.3, 0.4) is 0 Å². The second-order valence-corrected chi connectivity index (χ2v) is 9.20. The number of ether oxygens (including phenoxy) is 2. The van der Waals surface area contributed by atoms with E-state index >= 15 is 0 Å². The van der Waals surface area contributed by atoms with Gasteiger partial charge in [-0.25, -0.2) is 9.79 Å². The first-order valence-electron chi connectivity index (χ1n) is 11.1. The third-order valence-corrected chi connectivity index (χ3v) is 6.28. The van der Waals surface area contributed by atoms with Gasteiger partial charge in [-0.15, -0.1) is 0 Å². The number of rotatable bonds is 7. The van der Waals surface area contributed by atoms with E-state index in [1.54, 1.807) is 11.8 Å². The predicted octanol–water partition coefficient (Wildman–Crippen LogP) is 4.81. The lowest BCUT2D eigenvalue weighted by Crippen LogP contribution is -2.38. The summed E-state index contributed by atoms with van der Waals surface area (Å²) < 4.78 is 11.3. The zero-order chi connectivity index (χ0) is 24.2. The lowest BCUT2D eigenvalue weighted by Gasteiger charge is -2.35. The summed E-state index contributed by atoms with van der Waals surface area (Å²) in [5, 5.41) is 10.2. The number of nitrogens with two attached hydrogens (primary N) is 1. The zero-order valence-electron chi connectivity index (χ0n) is 19.3. The number of carbonyl (C=O) groups excluding carboxylic acids is 1. The van der Waals surface area contributed by atoms with Crippen molar-refractivity contribution in [2.24, 2.45) is 16.6 Å². The molecular formula is C26H26N4O3S. The molecule has 0 amide bonds. The topological polar surface area (TPSA) is 101 Å². The van der Waals surface area contributed by atoms with Gasteiger partial charge in [-0.2, -0.15) is 5.26 Å². The van der Waals surface area contributed by atoms with Gasteiger partial charge in [0.25, 0.3) is 0 Å². The van der Waals surface area contributed by atoms with Crippen LogP contribution in [0.1, 0.15) is 37.9 Å². The molecule has 1 atom stereocenters. The van der Waals surface area contributed by atoms with Crippen LogP contribution in [0.4, 0.5) is 0 Å². The lowest BCUT2D eigenvalue weighted by molar-refractivity contribution is -0.139. The van der Waals surface area contributed by atoms with Crippen LogP contribution in [-0.4, -0.2) is 29.3 Å². The molecule has 2 heterocycles. The van der Waals surface area contributed by atoms with Crippen molar-refractivity contribution in [3.05, 3.63) is 82.0 Å². The van der Waals surface area contributed by atoms with Crippen LogP contribution in [-0.2, 0) is 9.53 Å². The van der Waals surface area contributed by atoms with E-state index in [-0.39, 0.29) is 12.4 Å². The molecule has 0 fully saturated rings. The van der Waals surface area contributed by atoms with Crippen molar-refractivity contribution < 1.29 is 14.3 Å². The Balaban J connectivity index is 1.88. The fraction of sp³-hybridized carbons (Fsp3) is 0.269. The van der Waals surface area contributed by atoms with Crippen LogP contribution in [0.2, 0.25) is 0 Å². The number of nitriles is 1. The van der Waals surface area contributed by atoms with Gasteiger partial charge >= 0.3 is 5.97 Å². The highest BCUT2D eigenvalue weighted by molar-refractivity contribution is 8.17. The van der Waals surface area contributed by atoms with E-state index in [4.69, 9.17) is 20.2 Å². The Labute approximate surface area is 203 Å². The summed E-state index contributed by atoms with van der Waals surface area (Å²) in [7, 11) is 0. The Hall–Kier alpha value is -3.70. The lowest BCUT2D eigenvalue weighted by atomic mass is 9.92. The molecule has 0 saturated heterocycles. The van der Waals surface area contributed by atoms with Crippen molar-refractivity contribution >= 4 is 28.6 Å². The number of thioether (sulfide) groups is 1. The highest BCUT2D eigenvalue weighted by Crippen LogP contribution is 2.47. The van der Waals surface area contributed by atoms with Gasteiger partial charge in [0.05, 0.1) is 30.5 Å². The summed E-state index contributed by atoms with van der Waals surface area (Å²) in [6, 6.07) is 18.6. The van der Waals surface area contributed by atoms with E-state index in [1.165, 1.54) is 11.8 Å². The van der Waals surface area contributed by atoms with Crippen LogP contribution >= 0.6 is 11.8 Å². The molecule has 7 nitrogen and oxygen atoms in total. The molecule has 0 spiro atoms. The molecular weight excluding hydrogens is 448 g/mol. The molecule has 0 saturated carbocycles. The first kappa shape index (κ1) is 23.5. The molecule has 34 heavy (non-hydrogen) atoms. The molecule has 174 valence electrons. The average molecular weight is 475 g/mol. The number of hydrogen-bond acceptors (Lipinski definition) is 8. The minimum atomic E-state index is -0.612. The molecule has 2 N–H and O–H groups in total. The first-order chi connectivity index (χ1) is 16.4. The van der Waals surface area contributed by atoms with Crippen LogP contribution < -0.4 is 10.5 Å². The maximum absolute atomic E-state index is 13.3. The van der Waals surface area contributed by atoms with Gasteiger partial charge in [0, 0.05) is 5.56 Å². The number of amidine groups is 1. The van der Waals surface area contributed by atoms with Crippen molar-refractivity contribution in [2.75, 3.05) is 13.2 Å². The summed E-state index contributed by atoms with van der Waals surface area (Å²) in [5.41, 5.74) is 8.86. The Morgan fingerprint density at radius 1 is 1.21 bits per heavy atom. The number of hydrogen-bond donors (Lipinski definition) is 1. The fourth-order valence-electron chi connectivity index (χ4n) is 3.78. The monoisotopic (exact) mass is 474 g/mol. The van der Waals surface area contributed by atoms with Gasteiger partial charge in [0.15, 0.2) is 5.17 Å². The van der Waals surface area contributed by atoms with Crippen molar-refractivity contribution in [2.45, 2.75) is 26.8 Å². The summed E-state index contributed by atoms with van der Waals surface area (Å²) in [6.07, 6.45) is 0. The first-order valence-corrected chi connectivity index (χ1v) is 11.9. The number of benzene rings is 2. The summed E-state index contributed by atoms with van der Waals surface area (Å²) in [5.74, 6) is 0.937. The summed E-state index contributed by atoms with van der Waals surface area (Å²) >= 11 is 1.20. The van der Waals surface area contributed by atoms with Gasteiger partial charge in [-0.3, -0.25) is 4.90 Å². The zero-order valence-corrected chi connectivity index (χ0v) is 20.1. The van der Waals surface area contributed by atoms with Crippen LogP contribution in [0.25, 0.3) is 5.70 Å². The van der Waals surface area contributed by atoms with Crippen molar-refractivity contribution in [3.63, 3.8) is 0 Å². The number of aliphatic imine (C=N–C) groups is 1. The molecule has 0 aromatic heterocycles. The Morgan fingerprint density at radius 3 is 2.53 bits per heavy atom. The van der Waals surface area contributed by atoms with Gasteiger partial charge in [0.2, 0.25) is 0 Å². The Kier molecular flexibility index (Phi) is 6.94. The van der Waals surface area contributed by atoms with Gasteiger partial charge in [0.1, 0.15) is 22.5 Å². The van der Waals surface area contributed by atoms with Crippen molar-refractivity contribution in [3.8, 4) is 11.8 Å². The number of allylic oxidation sites excluding steroid dienone is 1. The molecule has 0 bridgehead atoms. The molecule has 4 rings (SSSR count). The van der Waals surface area contributed by atoms with Gasteiger partial charge in [-0.1, -0.05) is 56.3 Å². The van der Waals surface area contributed by atoms with Crippen LogP contribution in [0.5, 0.6) is 5.75 Å². The van der Waals surface area contributed by atoms with Crippen molar-refractivity contribution in [1.29, 1.82) is 5.26 Å². The maximum Gasteiger partial charge on any atom is 0.338 e.